The summed E-state index contributed by atoms with van der Waals surface area (Å²) in [6.07, 6.45) is 8.71. The van der Waals surface area contributed by atoms with Gasteiger partial charge in [-0.15, -0.1) is 0 Å². The van der Waals surface area contributed by atoms with E-state index in [1.807, 2.05) is 47.5 Å². The van der Waals surface area contributed by atoms with Crippen molar-refractivity contribution in [2.24, 2.45) is 0 Å². The van der Waals surface area contributed by atoms with E-state index < -0.39 is 0 Å². The summed E-state index contributed by atoms with van der Waals surface area (Å²) < 4.78 is 1.80. The van der Waals surface area contributed by atoms with Gasteiger partial charge in [-0.1, -0.05) is 29.8 Å². The smallest absolute Gasteiger partial charge is 0.255 e. The topological polar surface area (TPSA) is 51.0 Å². The highest BCUT2D eigenvalue weighted by Crippen LogP contribution is 2.36. The number of carbonyl (C=O) groups excluding carboxylic acids is 1. The van der Waals surface area contributed by atoms with E-state index >= 15 is 0 Å². The highest BCUT2D eigenvalue weighted by Gasteiger charge is 2.31. The number of aromatic nitrogens is 3. The zero-order valence-corrected chi connectivity index (χ0v) is 14.3. The van der Waals surface area contributed by atoms with Crippen LogP contribution >= 0.6 is 11.6 Å². The van der Waals surface area contributed by atoms with Gasteiger partial charge in [0.15, 0.2) is 0 Å². The number of pyridine rings is 1. The molecule has 5 nitrogen and oxygen atoms in total. The summed E-state index contributed by atoms with van der Waals surface area (Å²) in [6.45, 7) is 0.734. The molecule has 3 aromatic rings. The molecule has 1 fully saturated rings. The minimum absolute atomic E-state index is 0.00731. The molecule has 1 atom stereocenters. The molecule has 0 aliphatic carbocycles. The van der Waals surface area contributed by atoms with E-state index in [0.29, 0.717) is 10.6 Å². The Bertz CT molecular complexity index is 877. The molecule has 0 N–H and O–H groups in total. The van der Waals surface area contributed by atoms with Crippen molar-refractivity contribution in [1.29, 1.82) is 0 Å². The van der Waals surface area contributed by atoms with Crippen LogP contribution in [0.25, 0.3) is 5.82 Å². The van der Waals surface area contributed by atoms with E-state index in [1.165, 1.54) is 0 Å². The Labute approximate surface area is 150 Å². The minimum atomic E-state index is -0.00731. The highest BCUT2D eigenvalue weighted by molar-refractivity contribution is 6.31. The van der Waals surface area contributed by atoms with E-state index in [-0.39, 0.29) is 11.9 Å². The number of benzene rings is 1. The number of rotatable bonds is 3. The number of amides is 1. The van der Waals surface area contributed by atoms with Crippen molar-refractivity contribution >= 4 is 17.5 Å². The van der Waals surface area contributed by atoms with Gasteiger partial charge in [0.2, 0.25) is 0 Å². The zero-order valence-electron chi connectivity index (χ0n) is 13.5. The lowest BCUT2D eigenvalue weighted by Gasteiger charge is -2.26. The molecule has 4 rings (SSSR count). The highest BCUT2D eigenvalue weighted by atomic mass is 35.5. The fourth-order valence-electron chi connectivity index (χ4n) is 3.30. The van der Waals surface area contributed by atoms with Gasteiger partial charge in [-0.3, -0.25) is 9.36 Å². The van der Waals surface area contributed by atoms with Gasteiger partial charge in [-0.25, -0.2) is 9.97 Å². The van der Waals surface area contributed by atoms with Crippen LogP contribution in [0.5, 0.6) is 0 Å². The summed E-state index contributed by atoms with van der Waals surface area (Å²) in [5.41, 5.74) is 1.60. The van der Waals surface area contributed by atoms with Crippen LogP contribution < -0.4 is 0 Å². The van der Waals surface area contributed by atoms with Crippen molar-refractivity contribution in [1.82, 2.24) is 19.4 Å². The number of carbonyl (C=O) groups is 1. The molecule has 25 heavy (non-hydrogen) atoms. The Morgan fingerprint density at radius 1 is 1.20 bits per heavy atom. The molecule has 6 heteroatoms. The average Bonchev–Trinajstić information content (AvgIpc) is 3.34. The van der Waals surface area contributed by atoms with E-state index in [9.17, 15) is 4.79 Å². The first-order valence-corrected chi connectivity index (χ1v) is 8.61. The van der Waals surface area contributed by atoms with Crippen molar-refractivity contribution < 1.29 is 4.79 Å². The number of halogens is 1. The number of hydrogen-bond acceptors (Lipinski definition) is 3. The molecule has 1 aromatic carbocycles. The quantitative estimate of drug-likeness (QED) is 0.718. The lowest BCUT2D eigenvalue weighted by molar-refractivity contribution is 0.0735. The fourth-order valence-corrected chi connectivity index (χ4v) is 3.57. The Morgan fingerprint density at radius 3 is 2.80 bits per heavy atom. The molecule has 0 spiro atoms. The second kappa shape index (κ2) is 6.69. The summed E-state index contributed by atoms with van der Waals surface area (Å²) in [5, 5.41) is 0.709. The maximum absolute atomic E-state index is 13.0. The van der Waals surface area contributed by atoms with Crippen LogP contribution in [-0.2, 0) is 0 Å². The Balaban J connectivity index is 1.58. The van der Waals surface area contributed by atoms with Gasteiger partial charge in [0.25, 0.3) is 5.91 Å². The first-order chi connectivity index (χ1) is 12.2. The average molecular weight is 353 g/mol. The van der Waals surface area contributed by atoms with Gasteiger partial charge in [-0.05, 0) is 36.6 Å². The number of nitrogens with zero attached hydrogens (tertiary/aromatic N) is 4. The van der Waals surface area contributed by atoms with E-state index in [1.54, 1.807) is 23.3 Å². The maximum atomic E-state index is 13.0. The second-order valence-electron chi connectivity index (χ2n) is 6.05. The Hall–Kier alpha value is -2.66. The van der Waals surface area contributed by atoms with Crippen molar-refractivity contribution in [2.45, 2.75) is 18.9 Å². The van der Waals surface area contributed by atoms with Gasteiger partial charge in [0.05, 0.1) is 11.6 Å². The van der Waals surface area contributed by atoms with E-state index in [2.05, 4.69) is 9.97 Å². The molecule has 1 unspecified atom stereocenters. The lowest BCUT2D eigenvalue weighted by atomic mass is 10.0. The molecule has 3 heterocycles. The molecule has 1 saturated heterocycles. The monoisotopic (exact) mass is 352 g/mol. The molecule has 1 aliphatic rings. The third kappa shape index (κ3) is 3.03. The third-order valence-electron chi connectivity index (χ3n) is 4.54. The number of imidazole rings is 1. The van der Waals surface area contributed by atoms with Gasteiger partial charge >= 0.3 is 0 Å². The van der Waals surface area contributed by atoms with Crippen LogP contribution in [0.3, 0.4) is 0 Å². The minimum Gasteiger partial charge on any atom is -0.332 e. The molecule has 0 radical (unpaired) electrons. The van der Waals surface area contributed by atoms with Crippen LogP contribution in [0.1, 0.15) is 34.8 Å². The van der Waals surface area contributed by atoms with Gasteiger partial charge in [-0.2, -0.15) is 0 Å². The Morgan fingerprint density at radius 2 is 2.08 bits per heavy atom. The SMILES string of the molecule is O=C(c1ccc(-n2ccnc2)nc1)N1CCCC1c1ccccc1Cl. The molecule has 2 aromatic heterocycles. The predicted molar refractivity (Wildman–Crippen MR) is 95.8 cm³/mol. The molecular formula is C19H17ClN4O. The lowest BCUT2D eigenvalue weighted by Crippen LogP contribution is -2.30. The van der Waals surface area contributed by atoms with E-state index in [0.717, 1.165) is 30.8 Å². The van der Waals surface area contributed by atoms with Crippen molar-refractivity contribution in [3.05, 3.63) is 77.5 Å². The first kappa shape index (κ1) is 15.8. The van der Waals surface area contributed by atoms with E-state index in [4.69, 9.17) is 11.6 Å². The molecule has 0 bridgehead atoms. The summed E-state index contributed by atoms with van der Waals surface area (Å²) in [4.78, 5) is 23.2. The third-order valence-corrected chi connectivity index (χ3v) is 4.89. The van der Waals surface area contributed by atoms with Gasteiger partial charge in [0, 0.05) is 30.2 Å². The molecule has 1 aliphatic heterocycles. The normalized spacial score (nSPS) is 17.0. The fraction of sp³-hybridized carbons (Fsp3) is 0.211. The summed E-state index contributed by atoms with van der Waals surface area (Å²) in [5.74, 6) is 0.727. The number of likely N-dealkylation sites (tertiary alicyclic amines) is 1. The van der Waals surface area contributed by atoms with Crippen molar-refractivity contribution in [2.75, 3.05) is 6.54 Å². The van der Waals surface area contributed by atoms with Crippen molar-refractivity contribution in [3.8, 4) is 5.82 Å². The predicted octanol–water partition coefficient (Wildman–Crippen LogP) is 3.90. The summed E-state index contributed by atoms with van der Waals surface area (Å²) in [7, 11) is 0. The van der Waals surface area contributed by atoms with Gasteiger partial charge < -0.3 is 4.90 Å². The summed E-state index contributed by atoms with van der Waals surface area (Å²) >= 11 is 6.34. The molecule has 0 saturated carbocycles. The zero-order chi connectivity index (χ0) is 17.2. The maximum Gasteiger partial charge on any atom is 0.255 e. The van der Waals surface area contributed by atoms with Crippen LogP contribution in [0, 0.1) is 0 Å². The van der Waals surface area contributed by atoms with Crippen LogP contribution in [-0.4, -0.2) is 31.9 Å². The second-order valence-corrected chi connectivity index (χ2v) is 6.46. The Kier molecular flexibility index (Phi) is 4.24. The molecular weight excluding hydrogens is 336 g/mol. The molecule has 1 amide bonds. The first-order valence-electron chi connectivity index (χ1n) is 8.24. The number of hydrogen-bond donors (Lipinski definition) is 0. The largest absolute Gasteiger partial charge is 0.332 e. The van der Waals surface area contributed by atoms with Crippen molar-refractivity contribution in [3.63, 3.8) is 0 Å². The van der Waals surface area contributed by atoms with Crippen LogP contribution in [0.4, 0.5) is 0 Å². The van der Waals surface area contributed by atoms with Crippen LogP contribution in [0.2, 0.25) is 5.02 Å². The van der Waals surface area contributed by atoms with Crippen LogP contribution in [0.15, 0.2) is 61.3 Å². The standard InChI is InChI=1S/C19H17ClN4O/c20-16-5-2-1-4-15(16)17-6-3-10-24(17)19(25)14-7-8-18(22-12-14)23-11-9-21-13-23/h1-2,4-5,7-9,11-13,17H,3,6,10H2. The van der Waals surface area contributed by atoms with Gasteiger partial charge in [0.1, 0.15) is 12.1 Å². The molecule has 126 valence electrons. The summed E-state index contributed by atoms with van der Waals surface area (Å²) in [6, 6.07) is 11.4.